The third-order valence-electron chi connectivity index (χ3n) is 4.04. The molecule has 2 aromatic carbocycles. The van der Waals surface area contributed by atoms with Crippen LogP contribution in [0.5, 0.6) is 0 Å². The molecule has 0 fully saturated rings. The number of nitrogens with one attached hydrogen (secondary N) is 2. The molecule has 0 aliphatic heterocycles. The van der Waals surface area contributed by atoms with Crippen molar-refractivity contribution in [2.45, 2.75) is 31.9 Å². The van der Waals surface area contributed by atoms with Gasteiger partial charge in [0.1, 0.15) is 12.6 Å². The van der Waals surface area contributed by atoms with Crippen molar-refractivity contribution in [3.63, 3.8) is 0 Å². The minimum Gasteiger partial charge on any atom is -0.480 e. The van der Waals surface area contributed by atoms with Crippen LogP contribution in [0.4, 0.5) is 4.79 Å². The highest BCUT2D eigenvalue weighted by atomic mass is 16.5. The van der Waals surface area contributed by atoms with Crippen LogP contribution in [0.2, 0.25) is 0 Å². The zero-order valence-corrected chi connectivity index (χ0v) is 15.5. The smallest absolute Gasteiger partial charge is 0.408 e. The van der Waals surface area contributed by atoms with Crippen molar-refractivity contribution in [1.29, 1.82) is 0 Å². The van der Waals surface area contributed by atoms with Crippen LogP contribution in [-0.2, 0) is 16.1 Å². The number of carboxylic acids is 1. The zero-order chi connectivity index (χ0) is 20.2. The number of aliphatic carboxylic acids is 1. The average molecular weight is 384 g/mol. The van der Waals surface area contributed by atoms with Crippen LogP contribution in [0, 0.1) is 0 Å². The Kier molecular flexibility index (Phi) is 8.52. The van der Waals surface area contributed by atoms with E-state index in [-0.39, 0.29) is 18.9 Å². The molecule has 0 saturated carbocycles. The number of benzene rings is 2. The number of rotatable bonds is 10. The second-order valence-electron chi connectivity index (χ2n) is 6.21. The van der Waals surface area contributed by atoms with Crippen molar-refractivity contribution in [1.82, 2.24) is 10.6 Å². The largest absolute Gasteiger partial charge is 0.480 e. The predicted molar refractivity (Wildman–Crippen MR) is 104 cm³/mol. The van der Waals surface area contributed by atoms with Gasteiger partial charge < -0.3 is 20.5 Å². The van der Waals surface area contributed by atoms with E-state index < -0.39 is 18.1 Å². The minimum absolute atomic E-state index is 0.0739. The molecule has 3 N–H and O–H groups in total. The number of carbonyl (C=O) groups excluding carboxylic acids is 2. The molecule has 2 amide bonds. The second kappa shape index (κ2) is 11.4. The summed E-state index contributed by atoms with van der Waals surface area (Å²) in [5.41, 5.74) is 1.40. The quantitative estimate of drug-likeness (QED) is 0.546. The van der Waals surface area contributed by atoms with E-state index in [1.54, 1.807) is 24.3 Å². The lowest BCUT2D eigenvalue weighted by Crippen LogP contribution is -2.41. The first-order valence-corrected chi connectivity index (χ1v) is 9.09. The molecular formula is C21H24N2O5. The fourth-order valence-corrected chi connectivity index (χ4v) is 2.53. The van der Waals surface area contributed by atoms with Gasteiger partial charge in [-0.25, -0.2) is 9.59 Å². The number of unbranched alkanes of at least 4 members (excludes halogenated alkanes) is 1. The van der Waals surface area contributed by atoms with Gasteiger partial charge >= 0.3 is 12.1 Å². The molecule has 2 aromatic rings. The summed E-state index contributed by atoms with van der Waals surface area (Å²) in [5, 5.41) is 14.4. The lowest BCUT2D eigenvalue weighted by atomic mass is 10.1. The molecule has 28 heavy (non-hydrogen) atoms. The monoisotopic (exact) mass is 384 g/mol. The Bertz CT molecular complexity index is 765. The number of carbonyl (C=O) groups is 3. The Labute approximate surface area is 163 Å². The van der Waals surface area contributed by atoms with Crippen LogP contribution < -0.4 is 10.6 Å². The second-order valence-corrected chi connectivity index (χ2v) is 6.21. The molecule has 148 valence electrons. The molecule has 0 aliphatic carbocycles. The van der Waals surface area contributed by atoms with Crippen LogP contribution >= 0.6 is 0 Å². The summed E-state index contributed by atoms with van der Waals surface area (Å²) in [7, 11) is 0. The Hall–Kier alpha value is -3.35. The Balaban J connectivity index is 1.66. The van der Waals surface area contributed by atoms with Gasteiger partial charge in [-0.3, -0.25) is 4.79 Å². The van der Waals surface area contributed by atoms with Crippen molar-refractivity contribution in [2.24, 2.45) is 0 Å². The van der Waals surface area contributed by atoms with Gasteiger partial charge in [0, 0.05) is 12.1 Å². The highest BCUT2D eigenvalue weighted by molar-refractivity contribution is 5.94. The topological polar surface area (TPSA) is 105 Å². The lowest BCUT2D eigenvalue weighted by Gasteiger charge is -2.14. The lowest BCUT2D eigenvalue weighted by molar-refractivity contribution is -0.139. The van der Waals surface area contributed by atoms with Crippen molar-refractivity contribution >= 4 is 18.0 Å². The fraction of sp³-hybridized carbons (Fsp3) is 0.286. The summed E-state index contributed by atoms with van der Waals surface area (Å²) >= 11 is 0. The summed E-state index contributed by atoms with van der Waals surface area (Å²) < 4.78 is 5.05. The number of hydrogen-bond donors (Lipinski definition) is 3. The van der Waals surface area contributed by atoms with Crippen LogP contribution in [0.25, 0.3) is 0 Å². The maximum Gasteiger partial charge on any atom is 0.408 e. The maximum atomic E-state index is 11.9. The van der Waals surface area contributed by atoms with Gasteiger partial charge in [-0.15, -0.1) is 0 Å². The van der Waals surface area contributed by atoms with E-state index in [4.69, 9.17) is 4.74 Å². The first-order valence-electron chi connectivity index (χ1n) is 9.09. The van der Waals surface area contributed by atoms with E-state index in [9.17, 15) is 19.5 Å². The molecule has 7 nitrogen and oxygen atoms in total. The minimum atomic E-state index is -1.12. The van der Waals surface area contributed by atoms with E-state index in [0.29, 0.717) is 24.9 Å². The van der Waals surface area contributed by atoms with Crippen molar-refractivity contribution in [3.05, 3.63) is 71.8 Å². The Morgan fingerprint density at radius 3 is 2.21 bits per heavy atom. The number of carboxylic acid groups (broad SMARTS) is 1. The molecule has 0 aliphatic rings. The van der Waals surface area contributed by atoms with Gasteiger partial charge in [0.25, 0.3) is 5.91 Å². The first-order chi connectivity index (χ1) is 13.6. The highest BCUT2D eigenvalue weighted by Crippen LogP contribution is 2.05. The van der Waals surface area contributed by atoms with Crippen LogP contribution in [-0.4, -0.2) is 35.7 Å². The summed E-state index contributed by atoms with van der Waals surface area (Å²) in [5.74, 6) is -1.29. The Morgan fingerprint density at radius 1 is 0.929 bits per heavy atom. The van der Waals surface area contributed by atoms with E-state index in [1.807, 2.05) is 36.4 Å². The molecule has 0 radical (unpaired) electrons. The fourth-order valence-electron chi connectivity index (χ4n) is 2.53. The number of hydrogen-bond acceptors (Lipinski definition) is 4. The summed E-state index contributed by atoms with van der Waals surface area (Å²) in [6.45, 7) is 0.503. The summed E-state index contributed by atoms with van der Waals surface area (Å²) in [6.07, 6.45) is 0.610. The predicted octanol–water partition coefficient (Wildman–Crippen LogP) is 2.97. The maximum absolute atomic E-state index is 11.9. The van der Waals surface area contributed by atoms with Gasteiger partial charge in [-0.2, -0.15) is 0 Å². The van der Waals surface area contributed by atoms with Gasteiger partial charge in [0.05, 0.1) is 0 Å². The van der Waals surface area contributed by atoms with Crippen molar-refractivity contribution in [2.75, 3.05) is 6.54 Å². The number of amides is 2. The third-order valence-corrected chi connectivity index (χ3v) is 4.04. The zero-order valence-electron chi connectivity index (χ0n) is 15.5. The van der Waals surface area contributed by atoms with Crippen molar-refractivity contribution < 1.29 is 24.2 Å². The molecule has 7 heteroatoms. The SMILES string of the molecule is O=C(N[C@@H](CCCCNC(=O)c1ccccc1)C(=O)O)OCc1ccccc1. The van der Waals surface area contributed by atoms with Gasteiger partial charge in [-0.1, -0.05) is 48.5 Å². The molecule has 0 unspecified atom stereocenters. The van der Waals surface area contributed by atoms with Crippen molar-refractivity contribution in [3.8, 4) is 0 Å². The first kappa shape index (κ1) is 21.0. The number of alkyl carbamates (subject to hydrolysis) is 1. The molecule has 0 saturated heterocycles. The van der Waals surface area contributed by atoms with Gasteiger partial charge in [0.2, 0.25) is 0 Å². The molecule has 0 aromatic heterocycles. The summed E-state index contributed by atoms with van der Waals surface area (Å²) in [4.78, 5) is 35.0. The Morgan fingerprint density at radius 2 is 1.57 bits per heavy atom. The highest BCUT2D eigenvalue weighted by Gasteiger charge is 2.20. The van der Waals surface area contributed by atoms with E-state index >= 15 is 0 Å². The standard InChI is InChI=1S/C21H24N2O5/c24-19(17-11-5-2-6-12-17)22-14-8-7-13-18(20(25)26)23-21(27)28-15-16-9-3-1-4-10-16/h1-6,9-12,18H,7-8,13-15H2,(H,22,24)(H,23,27)(H,25,26)/t18-/m0/s1. The molecule has 1 atom stereocenters. The molecule has 0 bridgehead atoms. The average Bonchev–Trinajstić information content (AvgIpc) is 2.72. The molecule has 0 spiro atoms. The number of ether oxygens (including phenoxy) is 1. The van der Waals surface area contributed by atoms with E-state index in [1.165, 1.54) is 0 Å². The van der Waals surface area contributed by atoms with Gasteiger partial charge in [-0.05, 0) is 37.0 Å². The van der Waals surface area contributed by atoms with Gasteiger partial charge in [0.15, 0.2) is 0 Å². The van der Waals surface area contributed by atoms with E-state index in [2.05, 4.69) is 10.6 Å². The van der Waals surface area contributed by atoms with Crippen LogP contribution in [0.15, 0.2) is 60.7 Å². The molecule has 2 rings (SSSR count). The van der Waals surface area contributed by atoms with E-state index in [0.717, 1.165) is 5.56 Å². The van der Waals surface area contributed by atoms with Crippen LogP contribution in [0.1, 0.15) is 35.2 Å². The summed E-state index contributed by atoms with van der Waals surface area (Å²) in [6, 6.07) is 16.9. The molecular weight excluding hydrogens is 360 g/mol. The molecule has 0 heterocycles. The third kappa shape index (κ3) is 7.49. The van der Waals surface area contributed by atoms with Crippen LogP contribution in [0.3, 0.4) is 0 Å². The normalized spacial score (nSPS) is 11.3.